The normalized spacial score (nSPS) is 27.5. The number of hydrogen-bond donors (Lipinski definition) is 0. The first kappa shape index (κ1) is 16.2. The molecule has 1 aromatic rings. The second kappa shape index (κ2) is 6.87. The highest BCUT2D eigenvalue weighted by atomic mass is 35.5. The van der Waals surface area contributed by atoms with Crippen molar-refractivity contribution in [2.75, 3.05) is 39.3 Å². The number of hydrogen-bond acceptors (Lipinski definition) is 4. The third-order valence-corrected chi connectivity index (χ3v) is 6.10. The van der Waals surface area contributed by atoms with Gasteiger partial charge in [0.25, 0.3) is 0 Å². The molecule has 2 aliphatic heterocycles. The number of nitrogens with zero attached hydrogens (tertiary/aromatic N) is 3. The first-order chi connectivity index (χ1) is 10.5. The van der Waals surface area contributed by atoms with Crippen LogP contribution < -0.4 is 0 Å². The Morgan fingerprint density at radius 3 is 2.59 bits per heavy atom. The summed E-state index contributed by atoms with van der Waals surface area (Å²) in [6, 6.07) is 4.74. The summed E-state index contributed by atoms with van der Waals surface area (Å²) in [5.74, 6) is 0.884. The van der Waals surface area contributed by atoms with Crippen LogP contribution in [-0.4, -0.2) is 65.9 Å². The molecule has 6 heteroatoms. The largest absolute Gasteiger partial charge is 0.340 e. The molecule has 0 aromatic carbocycles. The van der Waals surface area contributed by atoms with Gasteiger partial charge >= 0.3 is 0 Å². The average Bonchev–Trinajstić information content (AvgIpc) is 3.05. The molecule has 2 fully saturated rings. The molecule has 1 amide bonds. The van der Waals surface area contributed by atoms with E-state index in [1.165, 1.54) is 4.88 Å². The number of thiophene rings is 1. The highest BCUT2D eigenvalue weighted by Crippen LogP contribution is 2.27. The second-order valence-corrected chi connectivity index (χ2v) is 8.29. The Kier molecular flexibility index (Phi) is 5.07. The minimum absolute atomic E-state index is 0.204. The smallest absolute Gasteiger partial charge is 0.219 e. The molecule has 2 atom stereocenters. The van der Waals surface area contributed by atoms with E-state index in [1.807, 2.05) is 11.0 Å². The summed E-state index contributed by atoms with van der Waals surface area (Å²) in [6.07, 6.45) is 0. The minimum atomic E-state index is 0.204. The SMILES string of the molecule is CC(=O)N1CCN([C@H]2CN(Cc3ccc(Cl)s3)C[C@H]2C)CC1. The van der Waals surface area contributed by atoms with E-state index in [-0.39, 0.29) is 5.91 Å². The van der Waals surface area contributed by atoms with E-state index >= 15 is 0 Å². The van der Waals surface area contributed by atoms with Crippen LogP contribution in [0.5, 0.6) is 0 Å². The molecule has 4 nitrogen and oxygen atoms in total. The topological polar surface area (TPSA) is 26.8 Å². The van der Waals surface area contributed by atoms with Gasteiger partial charge in [0.05, 0.1) is 4.34 Å². The predicted molar refractivity (Wildman–Crippen MR) is 91.4 cm³/mol. The average molecular weight is 342 g/mol. The Hall–Kier alpha value is -0.620. The van der Waals surface area contributed by atoms with Gasteiger partial charge in [-0.3, -0.25) is 14.6 Å². The Morgan fingerprint density at radius 2 is 2.00 bits per heavy atom. The molecule has 0 bridgehead atoms. The zero-order valence-corrected chi connectivity index (χ0v) is 14.9. The van der Waals surface area contributed by atoms with E-state index < -0.39 is 0 Å². The highest BCUT2D eigenvalue weighted by molar-refractivity contribution is 7.16. The maximum atomic E-state index is 11.4. The van der Waals surface area contributed by atoms with Gasteiger partial charge < -0.3 is 4.90 Å². The van der Waals surface area contributed by atoms with Gasteiger partial charge in [0.1, 0.15) is 0 Å². The number of carbonyl (C=O) groups is 1. The molecular formula is C16H24ClN3OS. The van der Waals surface area contributed by atoms with Crippen LogP contribution in [0.4, 0.5) is 0 Å². The summed E-state index contributed by atoms with van der Waals surface area (Å²) in [7, 11) is 0. The fourth-order valence-electron chi connectivity index (χ4n) is 3.68. The lowest BCUT2D eigenvalue weighted by Crippen LogP contribution is -2.53. The van der Waals surface area contributed by atoms with Crippen molar-refractivity contribution in [1.29, 1.82) is 0 Å². The lowest BCUT2D eigenvalue weighted by Gasteiger charge is -2.39. The quantitative estimate of drug-likeness (QED) is 0.844. The van der Waals surface area contributed by atoms with Crippen LogP contribution >= 0.6 is 22.9 Å². The van der Waals surface area contributed by atoms with Gasteiger partial charge in [-0.25, -0.2) is 0 Å². The van der Waals surface area contributed by atoms with Crippen molar-refractivity contribution in [2.45, 2.75) is 26.4 Å². The fraction of sp³-hybridized carbons (Fsp3) is 0.688. The van der Waals surface area contributed by atoms with Gasteiger partial charge in [-0.15, -0.1) is 11.3 Å². The van der Waals surface area contributed by atoms with Crippen molar-refractivity contribution in [1.82, 2.24) is 14.7 Å². The number of carbonyl (C=O) groups excluding carboxylic acids is 1. The van der Waals surface area contributed by atoms with Crippen LogP contribution in [0.1, 0.15) is 18.7 Å². The molecule has 0 N–H and O–H groups in total. The van der Waals surface area contributed by atoms with Crippen LogP contribution in [0.3, 0.4) is 0 Å². The first-order valence-electron chi connectivity index (χ1n) is 7.99. The number of piperazine rings is 1. The molecule has 2 saturated heterocycles. The van der Waals surface area contributed by atoms with Crippen molar-refractivity contribution in [2.24, 2.45) is 5.92 Å². The van der Waals surface area contributed by atoms with Crippen molar-refractivity contribution in [3.63, 3.8) is 0 Å². The van der Waals surface area contributed by atoms with Crippen molar-refractivity contribution < 1.29 is 4.79 Å². The zero-order valence-electron chi connectivity index (χ0n) is 13.3. The summed E-state index contributed by atoms with van der Waals surface area (Å²) in [5, 5.41) is 0. The first-order valence-corrected chi connectivity index (χ1v) is 9.18. The van der Waals surface area contributed by atoms with Gasteiger partial charge in [-0.05, 0) is 18.1 Å². The molecule has 22 heavy (non-hydrogen) atoms. The maximum Gasteiger partial charge on any atom is 0.219 e. The molecule has 3 rings (SSSR count). The molecule has 0 spiro atoms. The van der Waals surface area contributed by atoms with Crippen LogP contribution in [0.25, 0.3) is 0 Å². The van der Waals surface area contributed by atoms with Gasteiger partial charge in [0.2, 0.25) is 5.91 Å². The molecule has 0 unspecified atom stereocenters. The predicted octanol–water partition coefficient (Wildman–Crippen LogP) is 2.39. The van der Waals surface area contributed by atoms with Gasteiger partial charge in [0.15, 0.2) is 0 Å². The molecule has 0 radical (unpaired) electrons. The Morgan fingerprint density at radius 1 is 1.27 bits per heavy atom. The van der Waals surface area contributed by atoms with E-state index in [9.17, 15) is 4.79 Å². The van der Waals surface area contributed by atoms with Crippen LogP contribution in [0.15, 0.2) is 12.1 Å². The Balaban J connectivity index is 1.54. The van der Waals surface area contributed by atoms with Crippen molar-refractivity contribution in [3.8, 4) is 0 Å². The molecule has 3 heterocycles. The monoisotopic (exact) mass is 341 g/mol. The maximum absolute atomic E-state index is 11.4. The number of rotatable bonds is 3. The lowest BCUT2D eigenvalue weighted by molar-refractivity contribution is -0.130. The summed E-state index contributed by atoms with van der Waals surface area (Å²) in [4.78, 5) is 19.9. The number of likely N-dealkylation sites (tertiary alicyclic amines) is 1. The molecule has 0 aliphatic carbocycles. The van der Waals surface area contributed by atoms with E-state index in [0.717, 1.165) is 50.1 Å². The van der Waals surface area contributed by atoms with Crippen LogP contribution in [-0.2, 0) is 11.3 Å². The lowest BCUT2D eigenvalue weighted by atomic mass is 10.0. The van der Waals surface area contributed by atoms with Gasteiger partial charge in [-0.1, -0.05) is 18.5 Å². The Bertz CT molecular complexity index is 527. The van der Waals surface area contributed by atoms with Crippen LogP contribution in [0, 0.1) is 5.92 Å². The number of halogens is 1. The summed E-state index contributed by atoms with van der Waals surface area (Å²) in [6.45, 7) is 11.1. The van der Waals surface area contributed by atoms with E-state index in [2.05, 4.69) is 22.8 Å². The summed E-state index contributed by atoms with van der Waals surface area (Å²) < 4.78 is 0.874. The fourth-order valence-corrected chi connectivity index (χ4v) is 4.81. The second-order valence-electron chi connectivity index (χ2n) is 6.49. The van der Waals surface area contributed by atoms with Crippen LogP contribution in [0.2, 0.25) is 4.34 Å². The third-order valence-electron chi connectivity index (χ3n) is 4.89. The minimum Gasteiger partial charge on any atom is -0.340 e. The molecule has 122 valence electrons. The molecule has 0 saturated carbocycles. The van der Waals surface area contributed by atoms with Crippen molar-refractivity contribution >= 4 is 28.8 Å². The summed E-state index contributed by atoms with van der Waals surface area (Å²) in [5.41, 5.74) is 0. The molecular weight excluding hydrogens is 318 g/mol. The van der Waals surface area contributed by atoms with Gasteiger partial charge in [-0.2, -0.15) is 0 Å². The Labute approximate surface area is 141 Å². The standard InChI is InChI=1S/C16H24ClN3OS/c1-12-9-18(10-14-3-4-16(17)22-14)11-15(12)20-7-5-19(6-8-20)13(2)21/h3-4,12,15H,5-11H2,1-2H3/t12-,15+/m1/s1. The number of amides is 1. The van der Waals surface area contributed by atoms with Gasteiger partial charge in [0, 0.05) is 63.7 Å². The van der Waals surface area contributed by atoms with E-state index in [1.54, 1.807) is 18.3 Å². The third kappa shape index (κ3) is 3.65. The molecule has 1 aromatic heterocycles. The van der Waals surface area contributed by atoms with E-state index in [0.29, 0.717) is 12.0 Å². The highest BCUT2D eigenvalue weighted by Gasteiger charge is 2.35. The van der Waals surface area contributed by atoms with Crippen molar-refractivity contribution in [3.05, 3.63) is 21.3 Å². The van der Waals surface area contributed by atoms with E-state index in [4.69, 9.17) is 11.6 Å². The zero-order chi connectivity index (χ0) is 15.7. The summed E-state index contributed by atoms with van der Waals surface area (Å²) >= 11 is 7.71. The molecule has 2 aliphatic rings.